The Balaban J connectivity index is 3.04. The summed E-state index contributed by atoms with van der Waals surface area (Å²) in [5.74, 6) is 0. The molecule has 5 heteroatoms. The maximum atomic E-state index is 5.14. The smallest absolute Gasteiger partial charge is 0.146 e. The summed E-state index contributed by atoms with van der Waals surface area (Å²) < 4.78 is 1.11. The van der Waals surface area contributed by atoms with E-state index in [9.17, 15) is 0 Å². The van der Waals surface area contributed by atoms with Crippen LogP contribution in [0.5, 0.6) is 0 Å². The minimum absolute atomic E-state index is 0.384. The topological polar surface area (TPSA) is 30.7 Å². The van der Waals surface area contributed by atoms with Gasteiger partial charge in [-0.2, -0.15) is 10.2 Å². The van der Waals surface area contributed by atoms with Crippen molar-refractivity contribution < 1.29 is 0 Å². The third-order valence-electron chi connectivity index (χ3n) is 0.498. The molecule has 7 heavy (non-hydrogen) atoms. The molecule has 0 saturated heterocycles. The summed E-state index contributed by atoms with van der Waals surface area (Å²) in [5, 5.41) is 7.12. The lowest BCUT2D eigenvalue weighted by Crippen LogP contribution is -2.02. The van der Waals surface area contributed by atoms with Gasteiger partial charge in [-0.05, 0) is 12.8 Å². The molecule has 1 aromatic heterocycles. The molecular weight excluding hydrogens is 109 g/mol. The first-order chi connectivity index (χ1) is 3.29. The second kappa shape index (κ2) is 1.57. The van der Waals surface area contributed by atoms with Gasteiger partial charge in [0.25, 0.3) is 0 Å². The van der Waals surface area contributed by atoms with Crippen LogP contribution in [-0.2, 0) is 0 Å². The molecule has 0 atom stereocenters. The summed E-state index contributed by atoms with van der Waals surface area (Å²) in [4.78, 5) is 0. The van der Waals surface area contributed by atoms with Crippen molar-refractivity contribution in [3.05, 3.63) is 6.20 Å². The molecule has 3 nitrogen and oxygen atoms in total. The van der Waals surface area contributed by atoms with E-state index in [1.165, 1.54) is 6.20 Å². The standard InChI is InChI=1S/C2H2BN3S/c3-2-1-4-6(7)5-2/h1,7H. The number of hydrogen-bond donors (Lipinski definition) is 1. The summed E-state index contributed by atoms with van der Waals surface area (Å²) >= 11 is 3.72. The lowest BCUT2D eigenvalue weighted by molar-refractivity contribution is 0.878. The average molecular weight is 111 g/mol. The molecule has 0 aromatic carbocycles. The van der Waals surface area contributed by atoms with Gasteiger partial charge in [-0.1, -0.05) is 0 Å². The second-order valence-electron chi connectivity index (χ2n) is 1.04. The van der Waals surface area contributed by atoms with Crippen LogP contribution < -0.4 is 5.59 Å². The predicted molar refractivity (Wildman–Crippen MR) is 29.8 cm³/mol. The van der Waals surface area contributed by atoms with E-state index in [4.69, 9.17) is 7.85 Å². The van der Waals surface area contributed by atoms with Gasteiger partial charge in [-0.3, -0.25) is 0 Å². The maximum Gasteiger partial charge on any atom is 0.146 e. The molecule has 1 aromatic rings. The molecule has 0 aliphatic heterocycles. The van der Waals surface area contributed by atoms with Gasteiger partial charge in [-0.25, -0.2) is 0 Å². The van der Waals surface area contributed by atoms with Crippen LogP contribution >= 0.6 is 12.8 Å². The van der Waals surface area contributed by atoms with Gasteiger partial charge < -0.3 is 0 Å². The monoisotopic (exact) mass is 111 g/mol. The first-order valence-corrected chi connectivity index (χ1v) is 2.06. The third kappa shape index (κ3) is 0.959. The van der Waals surface area contributed by atoms with Crippen molar-refractivity contribution >= 4 is 26.3 Å². The number of rotatable bonds is 0. The normalized spacial score (nSPS) is 9.29. The van der Waals surface area contributed by atoms with Crippen molar-refractivity contribution in [2.24, 2.45) is 0 Å². The van der Waals surface area contributed by atoms with Gasteiger partial charge in [0, 0.05) is 5.59 Å². The molecule has 0 spiro atoms. The van der Waals surface area contributed by atoms with Gasteiger partial charge in [0.1, 0.15) is 7.85 Å². The third-order valence-corrected chi connectivity index (χ3v) is 0.691. The SMILES string of the molecule is [B]c1cnn(S)n1. The molecule has 0 N–H and O–H groups in total. The van der Waals surface area contributed by atoms with Gasteiger partial charge in [0.2, 0.25) is 0 Å². The van der Waals surface area contributed by atoms with E-state index < -0.39 is 0 Å². The summed E-state index contributed by atoms with van der Waals surface area (Å²) in [7, 11) is 5.14. The van der Waals surface area contributed by atoms with E-state index in [2.05, 4.69) is 23.0 Å². The highest BCUT2D eigenvalue weighted by Crippen LogP contribution is 1.71. The summed E-state index contributed by atoms with van der Waals surface area (Å²) in [6, 6.07) is 0. The van der Waals surface area contributed by atoms with Crippen molar-refractivity contribution in [3.8, 4) is 0 Å². The van der Waals surface area contributed by atoms with Gasteiger partial charge >= 0.3 is 0 Å². The fraction of sp³-hybridized carbons (Fsp3) is 0. The molecule has 0 saturated carbocycles. The highest BCUT2D eigenvalue weighted by atomic mass is 32.1. The maximum absolute atomic E-state index is 5.14. The lowest BCUT2D eigenvalue weighted by Gasteiger charge is -1.75. The van der Waals surface area contributed by atoms with Gasteiger partial charge in [0.05, 0.1) is 6.20 Å². The number of hydrogen-bond acceptors (Lipinski definition) is 3. The molecule has 0 amide bonds. The van der Waals surface area contributed by atoms with E-state index in [0.717, 1.165) is 4.20 Å². The Morgan fingerprint density at radius 1 is 1.86 bits per heavy atom. The van der Waals surface area contributed by atoms with Crippen LogP contribution in [0.15, 0.2) is 6.20 Å². The molecule has 1 heterocycles. The molecule has 0 aliphatic carbocycles. The Bertz CT molecular complexity index is 145. The molecule has 1 rings (SSSR count). The average Bonchev–Trinajstić information content (AvgIpc) is 1.87. The first kappa shape index (κ1) is 4.71. The van der Waals surface area contributed by atoms with Crippen molar-refractivity contribution in [3.63, 3.8) is 0 Å². The number of aromatic nitrogens is 3. The molecular formula is C2H2BN3S. The minimum atomic E-state index is 0.384. The number of nitrogens with zero attached hydrogens (tertiary/aromatic N) is 3. The quantitative estimate of drug-likeness (QED) is 0.335. The van der Waals surface area contributed by atoms with Gasteiger partial charge in [-0.15, -0.1) is 4.20 Å². The second-order valence-corrected chi connectivity index (χ2v) is 1.40. The fourth-order valence-electron chi connectivity index (χ4n) is 0.266. The Labute approximate surface area is 47.7 Å². The predicted octanol–water partition coefficient (Wildman–Crippen LogP) is -1.24. The largest absolute Gasteiger partial charge is 0.159 e. The summed E-state index contributed by atoms with van der Waals surface area (Å²) in [5.41, 5.74) is 0.384. The Morgan fingerprint density at radius 3 is 2.71 bits per heavy atom. The Kier molecular flexibility index (Phi) is 1.06. The molecule has 0 unspecified atom stereocenters. The van der Waals surface area contributed by atoms with Crippen LogP contribution in [0.2, 0.25) is 0 Å². The van der Waals surface area contributed by atoms with Crippen molar-refractivity contribution in [1.29, 1.82) is 0 Å². The van der Waals surface area contributed by atoms with Crippen LogP contribution in [0.3, 0.4) is 0 Å². The highest BCUT2D eigenvalue weighted by molar-refractivity contribution is 7.78. The first-order valence-electron chi connectivity index (χ1n) is 1.66. The van der Waals surface area contributed by atoms with Crippen molar-refractivity contribution in [1.82, 2.24) is 14.4 Å². The zero-order valence-electron chi connectivity index (χ0n) is 3.44. The van der Waals surface area contributed by atoms with E-state index in [-0.39, 0.29) is 0 Å². The van der Waals surface area contributed by atoms with E-state index in [0.29, 0.717) is 5.59 Å². The highest BCUT2D eigenvalue weighted by Gasteiger charge is 1.84. The van der Waals surface area contributed by atoms with E-state index >= 15 is 0 Å². The van der Waals surface area contributed by atoms with E-state index in [1.54, 1.807) is 0 Å². The molecule has 0 bridgehead atoms. The van der Waals surface area contributed by atoms with Crippen LogP contribution in [-0.4, -0.2) is 22.2 Å². The fourth-order valence-corrected chi connectivity index (χ4v) is 0.421. The lowest BCUT2D eigenvalue weighted by atomic mass is 10.1. The number of thiol groups is 1. The molecule has 34 valence electrons. The van der Waals surface area contributed by atoms with Crippen LogP contribution in [0, 0.1) is 0 Å². The Morgan fingerprint density at radius 2 is 2.57 bits per heavy atom. The summed E-state index contributed by atoms with van der Waals surface area (Å²) in [6.45, 7) is 0. The summed E-state index contributed by atoms with van der Waals surface area (Å²) in [6.07, 6.45) is 1.42. The molecule has 0 aliphatic rings. The van der Waals surface area contributed by atoms with Crippen LogP contribution in [0.4, 0.5) is 0 Å². The minimum Gasteiger partial charge on any atom is -0.159 e. The Hall–Kier alpha value is -0.445. The van der Waals surface area contributed by atoms with Crippen molar-refractivity contribution in [2.45, 2.75) is 0 Å². The molecule has 0 fully saturated rings. The zero-order chi connectivity index (χ0) is 5.28. The molecule has 2 radical (unpaired) electrons. The van der Waals surface area contributed by atoms with Gasteiger partial charge in [0.15, 0.2) is 0 Å². The van der Waals surface area contributed by atoms with Crippen LogP contribution in [0.1, 0.15) is 0 Å². The van der Waals surface area contributed by atoms with E-state index in [1.807, 2.05) is 0 Å². The zero-order valence-corrected chi connectivity index (χ0v) is 4.34. The van der Waals surface area contributed by atoms with Crippen molar-refractivity contribution in [2.75, 3.05) is 0 Å². The van der Waals surface area contributed by atoms with Crippen LogP contribution in [0.25, 0.3) is 0 Å².